The largest absolute Gasteiger partial charge is 0.491 e. The molecule has 0 saturated heterocycles. The van der Waals surface area contributed by atoms with E-state index >= 15 is 0 Å². The highest BCUT2D eigenvalue weighted by Crippen LogP contribution is 2.34. The Balaban J connectivity index is 2.56. The molecule has 1 aromatic carbocycles. The Morgan fingerprint density at radius 3 is 3.08 bits per heavy atom. The van der Waals surface area contributed by atoms with Crippen LogP contribution in [0.2, 0.25) is 0 Å². The monoisotopic (exact) mass is 227 g/mol. The summed E-state index contributed by atoms with van der Waals surface area (Å²) in [5.74, 6) is 0.934. The summed E-state index contributed by atoms with van der Waals surface area (Å²) in [6, 6.07) is 4.10. The molecule has 12 heavy (non-hydrogen) atoms. The minimum atomic E-state index is 0.0388. The molecule has 0 saturated carbocycles. The van der Waals surface area contributed by atoms with E-state index in [0.29, 0.717) is 6.61 Å². The lowest BCUT2D eigenvalue weighted by atomic mass is 10.1. The quantitative estimate of drug-likeness (QED) is 0.738. The van der Waals surface area contributed by atoms with Gasteiger partial charge in [-0.1, -0.05) is 15.9 Å². The molecular weight excluding hydrogens is 218 g/mol. The second-order valence-electron chi connectivity index (χ2n) is 3.06. The van der Waals surface area contributed by atoms with Crippen molar-refractivity contribution < 1.29 is 4.74 Å². The summed E-state index contributed by atoms with van der Waals surface area (Å²) in [4.78, 5) is 0. The molecule has 0 unspecified atom stereocenters. The molecule has 64 valence electrons. The molecule has 3 heteroatoms. The van der Waals surface area contributed by atoms with Crippen LogP contribution in [0.15, 0.2) is 16.6 Å². The van der Waals surface area contributed by atoms with E-state index in [1.165, 1.54) is 5.56 Å². The average Bonchev–Trinajstić information content (AvgIpc) is 2.35. The first kappa shape index (κ1) is 8.08. The normalized spacial score (nSPS) is 20.4. The van der Waals surface area contributed by atoms with Crippen LogP contribution in [0.1, 0.15) is 17.2 Å². The fourth-order valence-corrected chi connectivity index (χ4v) is 1.72. The van der Waals surface area contributed by atoms with Crippen LogP contribution < -0.4 is 10.5 Å². The zero-order valence-electron chi connectivity index (χ0n) is 6.80. The van der Waals surface area contributed by atoms with Crippen molar-refractivity contribution in [1.82, 2.24) is 0 Å². The van der Waals surface area contributed by atoms with E-state index in [2.05, 4.69) is 15.9 Å². The molecule has 0 bridgehead atoms. The van der Waals surface area contributed by atoms with E-state index in [4.69, 9.17) is 10.5 Å². The molecule has 0 amide bonds. The lowest BCUT2D eigenvalue weighted by Gasteiger charge is -2.03. The number of halogens is 1. The van der Waals surface area contributed by atoms with Gasteiger partial charge < -0.3 is 10.5 Å². The minimum Gasteiger partial charge on any atom is -0.491 e. The predicted octanol–water partition coefficient (Wildman–Crippen LogP) is 2.15. The van der Waals surface area contributed by atoms with E-state index in [1.54, 1.807) is 0 Å². The molecule has 1 aliphatic heterocycles. The van der Waals surface area contributed by atoms with Gasteiger partial charge in [0.15, 0.2) is 0 Å². The van der Waals surface area contributed by atoms with Crippen LogP contribution in [0.3, 0.4) is 0 Å². The van der Waals surface area contributed by atoms with E-state index in [1.807, 2.05) is 19.1 Å². The standard InChI is InChI=1S/C9H10BrNO/c1-5-2-9-6(3-7(5)10)8(11)4-12-9/h2-3,8H,4,11H2,1H3/t8-/m1/s1. The number of ether oxygens (including phenoxy) is 1. The van der Waals surface area contributed by atoms with Gasteiger partial charge >= 0.3 is 0 Å². The van der Waals surface area contributed by atoms with Crippen molar-refractivity contribution in [1.29, 1.82) is 0 Å². The van der Waals surface area contributed by atoms with Crippen LogP contribution in [-0.2, 0) is 0 Å². The molecule has 2 nitrogen and oxygen atoms in total. The van der Waals surface area contributed by atoms with Crippen LogP contribution in [0, 0.1) is 6.92 Å². The Morgan fingerprint density at radius 1 is 1.58 bits per heavy atom. The van der Waals surface area contributed by atoms with Gasteiger partial charge in [-0.05, 0) is 24.6 Å². The second-order valence-corrected chi connectivity index (χ2v) is 3.91. The number of aryl methyl sites for hydroxylation is 1. The number of rotatable bonds is 0. The summed E-state index contributed by atoms with van der Waals surface area (Å²) >= 11 is 3.47. The van der Waals surface area contributed by atoms with E-state index in [-0.39, 0.29) is 6.04 Å². The number of benzene rings is 1. The SMILES string of the molecule is Cc1cc2c(cc1Br)[C@H](N)CO2. The van der Waals surface area contributed by atoms with Crippen molar-refractivity contribution in [3.63, 3.8) is 0 Å². The van der Waals surface area contributed by atoms with Gasteiger partial charge in [0.05, 0.1) is 6.04 Å². The fourth-order valence-electron chi connectivity index (χ4n) is 1.35. The van der Waals surface area contributed by atoms with Crippen LogP contribution >= 0.6 is 15.9 Å². The zero-order chi connectivity index (χ0) is 8.72. The molecule has 0 fully saturated rings. The highest BCUT2D eigenvalue weighted by Gasteiger charge is 2.21. The summed E-state index contributed by atoms with van der Waals surface area (Å²) < 4.78 is 6.50. The fraction of sp³-hybridized carbons (Fsp3) is 0.333. The highest BCUT2D eigenvalue weighted by molar-refractivity contribution is 9.10. The van der Waals surface area contributed by atoms with Crippen LogP contribution in [-0.4, -0.2) is 6.61 Å². The van der Waals surface area contributed by atoms with Gasteiger partial charge in [0.2, 0.25) is 0 Å². The lowest BCUT2D eigenvalue weighted by Crippen LogP contribution is -2.10. The third-order valence-electron chi connectivity index (χ3n) is 2.11. The van der Waals surface area contributed by atoms with Crippen molar-refractivity contribution in [3.8, 4) is 5.75 Å². The number of hydrogen-bond acceptors (Lipinski definition) is 2. The van der Waals surface area contributed by atoms with Gasteiger partial charge in [-0.25, -0.2) is 0 Å². The molecule has 0 aliphatic carbocycles. The third kappa shape index (κ3) is 1.13. The lowest BCUT2D eigenvalue weighted by molar-refractivity contribution is 0.333. The average molecular weight is 228 g/mol. The van der Waals surface area contributed by atoms with E-state index in [9.17, 15) is 0 Å². The van der Waals surface area contributed by atoms with Crippen molar-refractivity contribution in [2.45, 2.75) is 13.0 Å². The summed E-state index contributed by atoms with van der Waals surface area (Å²) in [6.07, 6.45) is 0. The van der Waals surface area contributed by atoms with Crippen molar-refractivity contribution in [3.05, 3.63) is 27.7 Å². The van der Waals surface area contributed by atoms with E-state index in [0.717, 1.165) is 15.8 Å². The molecule has 0 aromatic heterocycles. The molecule has 1 heterocycles. The Labute approximate surface area is 79.8 Å². The van der Waals surface area contributed by atoms with Gasteiger partial charge in [-0.2, -0.15) is 0 Å². The maximum Gasteiger partial charge on any atom is 0.124 e. The number of nitrogens with two attached hydrogens (primary N) is 1. The Hall–Kier alpha value is -0.540. The van der Waals surface area contributed by atoms with Crippen LogP contribution in [0.25, 0.3) is 0 Å². The van der Waals surface area contributed by atoms with Gasteiger partial charge in [0.1, 0.15) is 12.4 Å². The Bertz CT molecular complexity index is 325. The maximum absolute atomic E-state index is 5.82. The molecule has 0 spiro atoms. The maximum atomic E-state index is 5.82. The number of hydrogen-bond donors (Lipinski definition) is 1. The smallest absolute Gasteiger partial charge is 0.124 e. The molecule has 0 radical (unpaired) electrons. The van der Waals surface area contributed by atoms with Gasteiger partial charge in [-0.3, -0.25) is 0 Å². The van der Waals surface area contributed by atoms with Crippen molar-refractivity contribution in [2.24, 2.45) is 5.73 Å². The Morgan fingerprint density at radius 2 is 2.33 bits per heavy atom. The summed E-state index contributed by atoms with van der Waals surface area (Å²) in [5, 5.41) is 0. The molecule has 1 atom stereocenters. The Kier molecular flexibility index (Phi) is 1.85. The topological polar surface area (TPSA) is 35.2 Å². The van der Waals surface area contributed by atoms with E-state index < -0.39 is 0 Å². The molecule has 2 rings (SSSR count). The van der Waals surface area contributed by atoms with Gasteiger partial charge in [0.25, 0.3) is 0 Å². The van der Waals surface area contributed by atoms with Gasteiger partial charge in [0, 0.05) is 10.0 Å². The van der Waals surface area contributed by atoms with Crippen LogP contribution in [0.4, 0.5) is 0 Å². The number of fused-ring (bicyclic) bond motifs is 1. The predicted molar refractivity (Wildman–Crippen MR) is 51.3 cm³/mol. The van der Waals surface area contributed by atoms with Gasteiger partial charge in [-0.15, -0.1) is 0 Å². The zero-order valence-corrected chi connectivity index (χ0v) is 8.39. The van der Waals surface area contributed by atoms with Crippen molar-refractivity contribution in [2.75, 3.05) is 6.61 Å². The third-order valence-corrected chi connectivity index (χ3v) is 2.96. The first-order chi connectivity index (χ1) is 5.68. The summed E-state index contributed by atoms with van der Waals surface area (Å²) in [5.41, 5.74) is 8.11. The second kappa shape index (κ2) is 2.75. The molecule has 1 aliphatic rings. The van der Waals surface area contributed by atoms with Crippen molar-refractivity contribution >= 4 is 15.9 Å². The minimum absolute atomic E-state index is 0.0388. The summed E-state index contributed by atoms with van der Waals surface area (Å²) in [6.45, 7) is 2.64. The van der Waals surface area contributed by atoms with Crippen LogP contribution in [0.5, 0.6) is 5.75 Å². The molecule has 2 N–H and O–H groups in total. The molecular formula is C9H10BrNO. The first-order valence-electron chi connectivity index (χ1n) is 3.87. The highest BCUT2D eigenvalue weighted by atomic mass is 79.9. The molecule has 1 aromatic rings. The first-order valence-corrected chi connectivity index (χ1v) is 4.66. The summed E-state index contributed by atoms with van der Waals surface area (Å²) in [7, 11) is 0.